The fraction of sp³-hybridized carbons (Fsp3) is 0.926. The Labute approximate surface area is 185 Å². The zero-order chi connectivity index (χ0) is 20.8. The van der Waals surface area contributed by atoms with Crippen LogP contribution in [0, 0.1) is 46.3 Å². The van der Waals surface area contributed by atoms with Crippen LogP contribution in [0.25, 0.3) is 0 Å². The topological polar surface area (TPSA) is 20.2 Å². The lowest BCUT2D eigenvalue weighted by atomic mass is 9.47. The highest BCUT2D eigenvalue weighted by Crippen LogP contribution is 2.67. The lowest BCUT2D eigenvalue weighted by molar-refractivity contribution is -0.0573. The summed E-state index contributed by atoms with van der Waals surface area (Å²) in [4.78, 5) is 0. The molecule has 3 fully saturated rings. The summed E-state index contributed by atoms with van der Waals surface area (Å²) in [6.07, 6.45) is 17.0. The van der Waals surface area contributed by atoms with Gasteiger partial charge in [0.05, 0.1) is 6.10 Å². The smallest absolute Gasteiger partial charge is 0.0577 e. The molecule has 0 spiro atoms. The molecule has 2 heteroatoms. The maximum absolute atomic E-state index is 10.2. The summed E-state index contributed by atoms with van der Waals surface area (Å²) < 4.78 is 0. The summed E-state index contributed by atoms with van der Waals surface area (Å²) in [6.45, 7) is 10.2. The van der Waals surface area contributed by atoms with E-state index in [1.807, 2.05) is 0 Å². The SMILES string of the molecule is CC(CS)CCCC(C)[C@H]1CC[C@H]2[C@@H]3CC=C4C[C@@H](O)CC[C@]4(C)[C@H]3CC[C@]12C. The predicted octanol–water partition coefficient (Wildman–Crippen LogP) is 7.30. The van der Waals surface area contributed by atoms with E-state index in [2.05, 4.69) is 46.4 Å². The summed E-state index contributed by atoms with van der Waals surface area (Å²) in [6, 6.07) is 0. The molecule has 0 aromatic carbocycles. The first-order valence-corrected chi connectivity index (χ1v) is 13.4. The molecule has 0 amide bonds. The van der Waals surface area contributed by atoms with Crippen molar-refractivity contribution in [3.05, 3.63) is 11.6 Å². The molecule has 0 bridgehead atoms. The molecule has 4 aliphatic rings. The molecule has 3 saturated carbocycles. The molecule has 4 aliphatic carbocycles. The van der Waals surface area contributed by atoms with Gasteiger partial charge in [-0.2, -0.15) is 12.6 Å². The number of hydrogen-bond acceptors (Lipinski definition) is 2. The molecule has 0 radical (unpaired) electrons. The van der Waals surface area contributed by atoms with Crippen LogP contribution in [0.1, 0.15) is 98.3 Å². The molecular formula is C27H46OS. The normalized spacial score (nSPS) is 46.3. The van der Waals surface area contributed by atoms with E-state index in [1.165, 1.54) is 57.8 Å². The van der Waals surface area contributed by atoms with Crippen LogP contribution in [0.4, 0.5) is 0 Å². The number of aliphatic hydroxyl groups is 1. The van der Waals surface area contributed by atoms with Crippen LogP contribution in [0.2, 0.25) is 0 Å². The maximum Gasteiger partial charge on any atom is 0.0577 e. The summed E-state index contributed by atoms with van der Waals surface area (Å²) in [5, 5.41) is 10.2. The van der Waals surface area contributed by atoms with Crippen LogP contribution < -0.4 is 0 Å². The van der Waals surface area contributed by atoms with Crippen LogP contribution in [-0.4, -0.2) is 17.0 Å². The van der Waals surface area contributed by atoms with E-state index in [4.69, 9.17) is 0 Å². The second-order valence-electron chi connectivity index (χ2n) is 12.1. The number of hydrogen-bond donors (Lipinski definition) is 2. The van der Waals surface area contributed by atoms with E-state index >= 15 is 0 Å². The average Bonchev–Trinajstić information content (AvgIpc) is 3.05. The van der Waals surface area contributed by atoms with E-state index in [0.29, 0.717) is 10.8 Å². The minimum atomic E-state index is -0.0817. The highest BCUT2D eigenvalue weighted by Gasteiger charge is 2.59. The summed E-state index contributed by atoms with van der Waals surface area (Å²) in [5.74, 6) is 6.33. The Morgan fingerprint density at radius 2 is 1.86 bits per heavy atom. The van der Waals surface area contributed by atoms with Crippen molar-refractivity contribution in [2.45, 2.75) is 104 Å². The minimum Gasteiger partial charge on any atom is -0.393 e. The number of thiol groups is 1. The Hall–Kier alpha value is 0.0500. The maximum atomic E-state index is 10.2. The van der Waals surface area contributed by atoms with Gasteiger partial charge in [0.25, 0.3) is 0 Å². The van der Waals surface area contributed by atoms with Gasteiger partial charge in [0.15, 0.2) is 0 Å². The number of aliphatic hydroxyl groups excluding tert-OH is 1. The zero-order valence-corrected chi connectivity index (χ0v) is 20.4. The van der Waals surface area contributed by atoms with Crippen molar-refractivity contribution >= 4 is 12.6 Å². The molecule has 1 N–H and O–H groups in total. The highest BCUT2D eigenvalue weighted by molar-refractivity contribution is 7.80. The Morgan fingerprint density at radius 3 is 2.62 bits per heavy atom. The van der Waals surface area contributed by atoms with Crippen molar-refractivity contribution in [2.75, 3.05) is 5.75 Å². The first kappa shape index (κ1) is 22.3. The monoisotopic (exact) mass is 418 g/mol. The third-order valence-electron chi connectivity index (χ3n) is 10.5. The molecular weight excluding hydrogens is 372 g/mol. The Bertz CT molecular complexity index is 614. The van der Waals surface area contributed by atoms with E-state index in [-0.39, 0.29) is 6.10 Å². The van der Waals surface area contributed by atoms with E-state index in [9.17, 15) is 5.11 Å². The van der Waals surface area contributed by atoms with Gasteiger partial charge in [0.1, 0.15) is 0 Å². The first-order valence-electron chi connectivity index (χ1n) is 12.8. The molecule has 2 unspecified atom stereocenters. The van der Waals surface area contributed by atoms with Gasteiger partial charge in [-0.15, -0.1) is 0 Å². The van der Waals surface area contributed by atoms with Crippen LogP contribution >= 0.6 is 12.6 Å². The molecule has 29 heavy (non-hydrogen) atoms. The van der Waals surface area contributed by atoms with Crippen molar-refractivity contribution in [2.24, 2.45) is 46.3 Å². The van der Waals surface area contributed by atoms with Crippen LogP contribution in [0.15, 0.2) is 11.6 Å². The third-order valence-corrected chi connectivity index (χ3v) is 11.1. The summed E-state index contributed by atoms with van der Waals surface area (Å²) >= 11 is 4.47. The fourth-order valence-corrected chi connectivity index (χ4v) is 8.88. The van der Waals surface area contributed by atoms with E-state index in [0.717, 1.165) is 54.1 Å². The van der Waals surface area contributed by atoms with Gasteiger partial charge in [-0.3, -0.25) is 0 Å². The molecule has 4 rings (SSSR count). The largest absolute Gasteiger partial charge is 0.393 e. The molecule has 0 aliphatic heterocycles. The highest BCUT2D eigenvalue weighted by atomic mass is 32.1. The number of allylic oxidation sites excluding steroid dienone is 1. The van der Waals surface area contributed by atoms with E-state index in [1.54, 1.807) is 5.57 Å². The summed E-state index contributed by atoms with van der Waals surface area (Å²) in [5.41, 5.74) is 2.57. The van der Waals surface area contributed by atoms with Gasteiger partial charge < -0.3 is 5.11 Å². The van der Waals surface area contributed by atoms with Gasteiger partial charge in [-0.25, -0.2) is 0 Å². The Morgan fingerprint density at radius 1 is 1.07 bits per heavy atom. The Kier molecular flexibility index (Phi) is 6.55. The van der Waals surface area contributed by atoms with Gasteiger partial charge in [-0.05, 0) is 110 Å². The standard InChI is InChI=1S/C27H46OS/c1-18(17-29)6-5-7-19(2)23-10-11-24-22-9-8-20-16-21(28)12-14-26(20,3)25(22)13-15-27(23,24)4/h8,18-19,21-25,28-29H,5-7,9-17H2,1-4H3/t18?,19?,21-,22-,23+,24-,25-,26-,27+/m0/s1. The fourth-order valence-electron chi connectivity index (χ4n) is 8.70. The quantitative estimate of drug-likeness (QED) is 0.342. The van der Waals surface area contributed by atoms with Crippen molar-refractivity contribution < 1.29 is 5.11 Å². The van der Waals surface area contributed by atoms with Crippen molar-refractivity contribution in [1.29, 1.82) is 0 Å². The molecule has 0 heterocycles. The van der Waals surface area contributed by atoms with Crippen LogP contribution in [0.3, 0.4) is 0 Å². The predicted molar refractivity (Wildman–Crippen MR) is 127 cm³/mol. The second-order valence-corrected chi connectivity index (χ2v) is 12.4. The number of rotatable bonds is 6. The molecule has 166 valence electrons. The van der Waals surface area contributed by atoms with E-state index < -0.39 is 0 Å². The van der Waals surface area contributed by atoms with Crippen LogP contribution in [0.5, 0.6) is 0 Å². The molecule has 0 saturated heterocycles. The first-order chi connectivity index (χ1) is 13.8. The average molecular weight is 419 g/mol. The minimum absolute atomic E-state index is 0.0817. The van der Waals surface area contributed by atoms with Gasteiger partial charge in [-0.1, -0.05) is 52.2 Å². The zero-order valence-electron chi connectivity index (χ0n) is 19.5. The lowest BCUT2D eigenvalue weighted by Crippen LogP contribution is -2.50. The van der Waals surface area contributed by atoms with Crippen molar-refractivity contribution in [3.8, 4) is 0 Å². The molecule has 0 aromatic heterocycles. The third kappa shape index (κ3) is 3.88. The molecule has 0 aromatic rings. The van der Waals surface area contributed by atoms with Gasteiger partial charge >= 0.3 is 0 Å². The Balaban J connectivity index is 1.46. The van der Waals surface area contributed by atoms with Crippen molar-refractivity contribution in [3.63, 3.8) is 0 Å². The van der Waals surface area contributed by atoms with Crippen molar-refractivity contribution in [1.82, 2.24) is 0 Å². The van der Waals surface area contributed by atoms with Crippen LogP contribution in [-0.2, 0) is 0 Å². The van der Waals surface area contributed by atoms with Gasteiger partial charge in [0.2, 0.25) is 0 Å². The molecule has 1 nitrogen and oxygen atoms in total. The summed E-state index contributed by atoms with van der Waals surface area (Å²) in [7, 11) is 0. The van der Waals surface area contributed by atoms with Gasteiger partial charge in [0, 0.05) is 0 Å². The molecule has 9 atom stereocenters. The lowest BCUT2D eigenvalue weighted by Gasteiger charge is -2.58. The number of fused-ring (bicyclic) bond motifs is 5. The second kappa shape index (κ2) is 8.53.